The van der Waals surface area contributed by atoms with Gasteiger partial charge in [0.1, 0.15) is 17.0 Å². The lowest BCUT2D eigenvalue weighted by Gasteiger charge is -2.39. The number of benzene rings is 1. The Kier molecular flexibility index (Phi) is 6.59. The molecule has 6 rings (SSSR count). The fraction of sp³-hybridized carbons (Fsp3) is 0.385. The Morgan fingerprint density at radius 3 is 3.00 bits per heavy atom. The largest absolute Gasteiger partial charge is 0.394 e. The zero-order chi connectivity index (χ0) is 25.4. The Balaban J connectivity index is 1.44. The lowest BCUT2D eigenvalue weighted by molar-refractivity contribution is -0.0136. The van der Waals surface area contributed by atoms with E-state index in [-0.39, 0.29) is 18.8 Å². The second-order valence-electron chi connectivity index (χ2n) is 9.11. The van der Waals surface area contributed by atoms with Gasteiger partial charge in [-0.15, -0.1) is 11.3 Å². The van der Waals surface area contributed by atoms with Crippen molar-refractivity contribution in [3.63, 3.8) is 0 Å². The summed E-state index contributed by atoms with van der Waals surface area (Å²) in [7, 11) is 1.70. The fourth-order valence-corrected chi connectivity index (χ4v) is 5.58. The molecule has 0 saturated carbocycles. The minimum Gasteiger partial charge on any atom is -0.394 e. The molecule has 0 radical (unpaired) electrons. The number of ether oxygens (including phenoxy) is 2. The van der Waals surface area contributed by atoms with E-state index in [1.54, 1.807) is 18.4 Å². The van der Waals surface area contributed by atoms with E-state index in [9.17, 15) is 5.11 Å². The SMILES string of the molecule is CC[C@@H]1COC(CO)CN1c1nccc2c1nc(-c1cnc(-c3ccc4scnc4c3)[nH]1)n2CCOC. The van der Waals surface area contributed by atoms with Crippen LogP contribution >= 0.6 is 11.3 Å². The molecule has 2 N–H and O–H groups in total. The van der Waals surface area contributed by atoms with Crippen molar-refractivity contribution in [2.45, 2.75) is 32.0 Å². The van der Waals surface area contributed by atoms with Crippen LogP contribution in [0.5, 0.6) is 0 Å². The molecule has 1 aromatic carbocycles. The first-order chi connectivity index (χ1) is 18.2. The summed E-state index contributed by atoms with van der Waals surface area (Å²) in [6, 6.07) is 8.32. The molecular weight excluding hydrogens is 490 g/mol. The van der Waals surface area contributed by atoms with E-state index in [0.717, 1.165) is 56.4 Å². The number of methoxy groups -OCH3 is 1. The number of anilines is 1. The average molecular weight is 520 g/mol. The normalized spacial score (nSPS) is 18.3. The molecule has 2 atom stereocenters. The number of nitrogens with one attached hydrogen (secondary N) is 1. The van der Waals surface area contributed by atoms with Gasteiger partial charge in [0, 0.05) is 32.0 Å². The van der Waals surface area contributed by atoms with E-state index in [0.29, 0.717) is 26.3 Å². The molecule has 11 heteroatoms. The van der Waals surface area contributed by atoms with Crippen LogP contribution in [0.25, 0.3) is 44.2 Å². The molecule has 1 aliphatic rings. The van der Waals surface area contributed by atoms with E-state index in [1.165, 1.54) is 0 Å². The Morgan fingerprint density at radius 2 is 2.16 bits per heavy atom. The second kappa shape index (κ2) is 10.2. The lowest BCUT2D eigenvalue weighted by Crippen LogP contribution is -2.51. The molecule has 0 aliphatic carbocycles. The highest BCUT2D eigenvalue weighted by atomic mass is 32.1. The van der Waals surface area contributed by atoms with Crippen LogP contribution in [0.3, 0.4) is 0 Å². The summed E-state index contributed by atoms with van der Waals surface area (Å²) in [4.78, 5) is 24.7. The number of H-pyrrole nitrogens is 1. The number of aromatic amines is 1. The standard InChI is InChI=1S/C26H29N7O3S/c1-3-17-14-36-18(13-34)12-33(17)26-23-21(6-7-27-26)32(8-9-35-2)25(31-23)20-11-28-24(30-20)16-4-5-22-19(10-16)29-15-37-22/h4-7,10-11,15,17-18,34H,3,8-9,12-14H2,1-2H3,(H,28,30)/t17-,18?/m1/s1. The summed E-state index contributed by atoms with van der Waals surface area (Å²) in [6.45, 7) is 4.39. The predicted octanol–water partition coefficient (Wildman–Crippen LogP) is 3.72. The van der Waals surface area contributed by atoms with Crippen LogP contribution in [0.2, 0.25) is 0 Å². The third kappa shape index (κ3) is 4.37. The zero-order valence-corrected chi connectivity index (χ0v) is 21.6. The van der Waals surface area contributed by atoms with Crippen molar-refractivity contribution in [2.24, 2.45) is 0 Å². The van der Waals surface area contributed by atoms with E-state index >= 15 is 0 Å². The number of aliphatic hydroxyl groups is 1. The fourth-order valence-electron chi connectivity index (χ4n) is 4.92. The van der Waals surface area contributed by atoms with E-state index in [1.807, 2.05) is 30.0 Å². The number of imidazole rings is 2. The number of rotatable bonds is 8. The number of aliphatic hydroxyl groups excluding tert-OH is 1. The van der Waals surface area contributed by atoms with Crippen LogP contribution in [0.15, 0.2) is 42.2 Å². The molecule has 5 heterocycles. The number of morpholine rings is 1. The Bertz CT molecular complexity index is 1530. The number of nitrogens with zero attached hydrogens (tertiary/aromatic N) is 6. The highest BCUT2D eigenvalue weighted by molar-refractivity contribution is 7.16. The van der Waals surface area contributed by atoms with Gasteiger partial charge in [0.25, 0.3) is 0 Å². The van der Waals surface area contributed by atoms with Gasteiger partial charge in [0.2, 0.25) is 0 Å². The summed E-state index contributed by atoms with van der Waals surface area (Å²) < 4.78 is 14.6. The van der Waals surface area contributed by atoms with Crippen LogP contribution in [-0.4, -0.2) is 80.2 Å². The number of hydrogen-bond acceptors (Lipinski definition) is 9. The van der Waals surface area contributed by atoms with E-state index in [4.69, 9.17) is 19.4 Å². The topological polar surface area (TPSA) is 114 Å². The van der Waals surface area contributed by atoms with Gasteiger partial charge < -0.3 is 29.0 Å². The zero-order valence-electron chi connectivity index (χ0n) is 20.8. The monoisotopic (exact) mass is 519 g/mol. The van der Waals surface area contributed by atoms with Gasteiger partial charge in [-0.05, 0) is 30.7 Å². The minimum atomic E-state index is -0.250. The van der Waals surface area contributed by atoms with Gasteiger partial charge in [-0.1, -0.05) is 6.92 Å². The van der Waals surface area contributed by atoms with Crippen LogP contribution in [0, 0.1) is 0 Å². The van der Waals surface area contributed by atoms with Gasteiger partial charge in [-0.3, -0.25) is 0 Å². The molecule has 192 valence electrons. The van der Waals surface area contributed by atoms with Crippen LogP contribution < -0.4 is 4.90 Å². The molecule has 4 aromatic heterocycles. The lowest BCUT2D eigenvalue weighted by atomic mass is 10.1. The summed E-state index contributed by atoms with van der Waals surface area (Å²) in [5, 5.41) is 9.74. The third-order valence-electron chi connectivity index (χ3n) is 6.90. The third-order valence-corrected chi connectivity index (χ3v) is 7.71. The number of aromatic nitrogens is 6. The van der Waals surface area contributed by atoms with Gasteiger partial charge >= 0.3 is 0 Å². The molecule has 1 aliphatic heterocycles. The first-order valence-electron chi connectivity index (χ1n) is 12.4. The number of hydrogen-bond donors (Lipinski definition) is 2. The molecule has 0 amide bonds. The average Bonchev–Trinajstić information content (AvgIpc) is 3.69. The molecule has 5 aromatic rings. The van der Waals surface area contributed by atoms with Crippen molar-refractivity contribution in [3.8, 4) is 22.9 Å². The first kappa shape index (κ1) is 24.0. The molecule has 0 bridgehead atoms. The van der Waals surface area contributed by atoms with Crippen LogP contribution in [0.4, 0.5) is 5.82 Å². The van der Waals surface area contributed by atoms with Crippen molar-refractivity contribution in [1.82, 2.24) is 29.5 Å². The van der Waals surface area contributed by atoms with E-state index < -0.39 is 0 Å². The van der Waals surface area contributed by atoms with Gasteiger partial charge in [-0.2, -0.15) is 0 Å². The Labute approximate surface area is 217 Å². The smallest absolute Gasteiger partial charge is 0.159 e. The Morgan fingerprint density at radius 1 is 1.24 bits per heavy atom. The van der Waals surface area contributed by atoms with Gasteiger partial charge in [0.05, 0.1) is 59.4 Å². The molecule has 10 nitrogen and oxygen atoms in total. The number of thiazole rings is 1. The summed E-state index contributed by atoms with van der Waals surface area (Å²) in [6.07, 6.45) is 4.30. The summed E-state index contributed by atoms with van der Waals surface area (Å²) in [5.74, 6) is 2.34. The summed E-state index contributed by atoms with van der Waals surface area (Å²) in [5.41, 5.74) is 6.38. The number of fused-ring (bicyclic) bond motifs is 2. The Hall–Kier alpha value is -3.38. The van der Waals surface area contributed by atoms with Gasteiger partial charge in [-0.25, -0.2) is 19.9 Å². The predicted molar refractivity (Wildman–Crippen MR) is 144 cm³/mol. The molecule has 37 heavy (non-hydrogen) atoms. The quantitative estimate of drug-likeness (QED) is 0.319. The van der Waals surface area contributed by atoms with Crippen molar-refractivity contribution >= 4 is 38.4 Å². The maximum absolute atomic E-state index is 9.74. The summed E-state index contributed by atoms with van der Waals surface area (Å²) >= 11 is 1.62. The van der Waals surface area contributed by atoms with Gasteiger partial charge in [0.15, 0.2) is 11.6 Å². The van der Waals surface area contributed by atoms with Crippen molar-refractivity contribution < 1.29 is 14.6 Å². The molecule has 1 fully saturated rings. The minimum absolute atomic E-state index is 0.0277. The van der Waals surface area contributed by atoms with Crippen LogP contribution in [-0.2, 0) is 16.0 Å². The van der Waals surface area contributed by atoms with Crippen molar-refractivity contribution in [1.29, 1.82) is 0 Å². The van der Waals surface area contributed by atoms with E-state index in [2.05, 4.69) is 43.5 Å². The maximum atomic E-state index is 9.74. The maximum Gasteiger partial charge on any atom is 0.159 e. The molecule has 0 spiro atoms. The highest BCUT2D eigenvalue weighted by Crippen LogP contribution is 2.33. The highest BCUT2D eigenvalue weighted by Gasteiger charge is 2.31. The van der Waals surface area contributed by atoms with Crippen molar-refractivity contribution in [3.05, 3.63) is 42.2 Å². The second-order valence-corrected chi connectivity index (χ2v) is 10.0. The number of pyridine rings is 1. The molecule has 1 saturated heterocycles. The van der Waals surface area contributed by atoms with Crippen molar-refractivity contribution in [2.75, 3.05) is 38.4 Å². The van der Waals surface area contributed by atoms with Crippen LogP contribution in [0.1, 0.15) is 13.3 Å². The molecule has 1 unspecified atom stereocenters. The first-order valence-corrected chi connectivity index (χ1v) is 13.3. The molecular formula is C26H29N7O3S.